The molecule has 1 N–H and O–H groups in total. The van der Waals surface area contributed by atoms with E-state index in [-0.39, 0.29) is 0 Å². The lowest BCUT2D eigenvalue weighted by atomic mass is 11.4. The SMILES string of the molecule is C#C.O=C(O)I. The van der Waals surface area contributed by atoms with E-state index in [1.165, 1.54) is 22.6 Å². The zero-order valence-corrected chi connectivity index (χ0v) is 5.05. The quantitative estimate of drug-likeness (QED) is 0.362. The molecule has 34 valence electrons. The number of carbonyl (C=O) groups is 1. The standard InChI is InChI=1S/C2H2.CHIO2/c1-2;2-1(3)4/h1-2H;(H,3,4). The van der Waals surface area contributed by atoms with Crippen molar-refractivity contribution in [1.82, 2.24) is 0 Å². The molecule has 0 fully saturated rings. The number of carboxylic acid groups (broad SMARTS) is 1. The fourth-order valence-electron chi connectivity index (χ4n) is 0. The Hall–Kier alpha value is -0.240. The monoisotopic (exact) mass is 198 g/mol. The molecule has 2 nitrogen and oxygen atoms in total. The maximum atomic E-state index is 8.99. The first kappa shape index (κ1) is 9.23. The molecule has 0 bridgehead atoms. The summed E-state index contributed by atoms with van der Waals surface area (Å²) in [6.07, 6.45) is 8.00. The van der Waals surface area contributed by atoms with E-state index in [4.69, 9.17) is 9.90 Å². The fourth-order valence-corrected chi connectivity index (χ4v) is 0. The van der Waals surface area contributed by atoms with E-state index >= 15 is 0 Å². The molecule has 0 aliphatic carbocycles. The van der Waals surface area contributed by atoms with Crippen molar-refractivity contribution in [3.63, 3.8) is 0 Å². The minimum Gasteiger partial charge on any atom is -0.474 e. The Morgan fingerprint density at radius 1 is 1.67 bits per heavy atom. The van der Waals surface area contributed by atoms with Crippen molar-refractivity contribution in [2.75, 3.05) is 0 Å². The zero-order valence-electron chi connectivity index (χ0n) is 2.89. The highest BCUT2D eigenvalue weighted by Gasteiger charge is 1.69. The van der Waals surface area contributed by atoms with Gasteiger partial charge in [-0.1, -0.05) is 0 Å². The van der Waals surface area contributed by atoms with Gasteiger partial charge in [0.05, 0.1) is 22.6 Å². The van der Waals surface area contributed by atoms with E-state index in [0.29, 0.717) is 0 Å². The van der Waals surface area contributed by atoms with E-state index in [0.717, 1.165) is 0 Å². The van der Waals surface area contributed by atoms with Crippen LogP contribution in [0.1, 0.15) is 0 Å². The largest absolute Gasteiger partial charge is 0.474 e. The average Bonchev–Trinajstić information content (AvgIpc) is 1.41. The van der Waals surface area contributed by atoms with Crippen LogP contribution in [0.25, 0.3) is 0 Å². The van der Waals surface area contributed by atoms with Gasteiger partial charge in [0.1, 0.15) is 0 Å². The van der Waals surface area contributed by atoms with Gasteiger partial charge in [-0.3, -0.25) is 0 Å². The Balaban J connectivity index is 0. The Kier molecular flexibility index (Phi) is 13.6. The highest BCUT2D eigenvalue weighted by Crippen LogP contribution is 1.76. The molecular weight excluding hydrogens is 195 g/mol. The first-order valence-corrected chi connectivity index (χ1v) is 2.03. The van der Waals surface area contributed by atoms with Crippen LogP contribution in [0, 0.1) is 12.8 Å². The van der Waals surface area contributed by atoms with E-state index in [1.54, 1.807) is 0 Å². The van der Waals surface area contributed by atoms with Gasteiger partial charge in [-0.25, -0.2) is 4.79 Å². The highest BCUT2D eigenvalue weighted by atomic mass is 127. The van der Waals surface area contributed by atoms with Crippen molar-refractivity contribution in [3.8, 4) is 12.8 Å². The van der Waals surface area contributed by atoms with Gasteiger partial charge in [0, 0.05) is 0 Å². The Morgan fingerprint density at radius 3 is 1.67 bits per heavy atom. The minimum absolute atomic E-state index is 0.863. The summed E-state index contributed by atoms with van der Waals surface area (Å²) in [5, 5.41) is 7.40. The summed E-state index contributed by atoms with van der Waals surface area (Å²) < 4.78 is -0.863. The van der Waals surface area contributed by atoms with Crippen LogP contribution >= 0.6 is 22.6 Å². The molecule has 6 heavy (non-hydrogen) atoms. The first-order chi connectivity index (χ1) is 2.73. The molecule has 0 heterocycles. The molecule has 0 rings (SSSR count). The molecule has 0 aromatic rings. The summed E-state index contributed by atoms with van der Waals surface area (Å²) in [6, 6.07) is 0. The lowest BCUT2D eigenvalue weighted by Gasteiger charge is -1.56. The van der Waals surface area contributed by atoms with Crippen LogP contribution in [0.5, 0.6) is 0 Å². The third kappa shape index (κ3) is 497. The second-order valence-electron chi connectivity index (χ2n) is 0.253. The predicted octanol–water partition coefficient (Wildman–Crippen LogP) is 1.35. The van der Waals surface area contributed by atoms with Gasteiger partial charge in [0.25, 0.3) is 0 Å². The van der Waals surface area contributed by atoms with Crippen molar-refractivity contribution in [2.45, 2.75) is 0 Å². The van der Waals surface area contributed by atoms with E-state index < -0.39 is 3.98 Å². The molecule has 0 aliphatic heterocycles. The molecule has 0 radical (unpaired) electrons. The normalized spacial score (nSPS) is 4.50. The topological polar surface area (TPSA) is 37.3 Å². The second kappa shape index (κ2) is 8.83. The van der Waals surface area contributed by atoms with Crippen LogP contribution in [0.15, 0.2) is 0 Å². The van der Waals surface area contributed by atoms with Gasteiger partial charge in [-0.2, -0.15) is 0 Å². The molecule has 0 saturated heterocycles. The molecule has 0 unspecified atom stereocenters. The molecule has 0 aromatic heterocycles. The summed E-state index contributed by atoms with van der Waals surface area (Å²) >= 11 is 1.26. The Labute approximate surface area is 49.7 Å². The minimum atomic E-state index is -0.863. The fraction of sp³-hybridized carbons (Fsp3) is 0. The highest BCUT2D eigenvalue weighted by molar-refractivity contribution is 14.1. The smallest absolute Gasteiger partial charge is 0.364 e. The van der Waals surface area contributed by atoms with Crippen LogP contribution in [-0.2, 0) is 0 Å². The van der Waals surface area contributed by atoms with E-state index in [2.05, 4.69) is 12.8 Å². The maximum Gasteiger partial charge on any atom is 0.364 e. The third-order valence-electron chi connectivity index (χ3n) is 0. The van der Waals surface area contributed by atoms with Gasteiger partial charge in [-0.15, -0.1) is 12.8 Å². The van der Waals surface area contributed by atoms with Crippen LogP contribution < -0.4 is 0 Å². The van der Waals surface area contributed by atoms with Crippen molar-refractivity contribution in [2.24, 2.45) is 0 Å². The molecule has 0 atom stereocenters. The molecule has 0 aromatic carbocycles. The summed E-state index contributed by atoms with van der Waals surface area (Å²) in [7, 11) is 0. The van der Waals surface area contributed by atoms with Crippen molar-refractivity contribution >= 4 is 26.6 Å². The molecule has 0 spiro atoms. The van der Waals surface area contributed by atoms with Crippen molar-refractivity contribution in [3.05, 3.63) is 0 Å². The summed E-state index contributed by atoms with van der Waals surface area (Å²) in [5.41, 5.74) is 0. The molecule has 0 saturated carbocycles. The first-order valence-electron chi connectivity index (χ1n) is 0.950. The number of rotatable bonds is 0. The zero-order chi connectivity index (χ0) is 5.58. The Morgan fingerprint density at radius 2 is 1.67 bits per heavy atom. The number of hydrogen-bond acceptors (Lipinski definition) is 1. The average molecular weight is 198 g/mol. The second-order valence-corrected chi connectivity index (χ2v) is 1.18. The Bertz CT molecular complexity index is 53.1. The lowest BCUT2D eigenvalue weighted by molar-refractivity contribution is 0.225. The summed E-state index contributed by atoms with van der Waals surface area (Å²) in [5.74, 6) is 0. The maximum absolute atomic E-state index is 8.99. The number of terminal acetylenes is 1. The van der Waals surface area contributed by atoms with Crippen molar-refractivity contribution in [1.29, 1.82) is 0 Å². The van der Waals surface area contributed by atoms with Gasteiger partial charge in [-0.05, 0) is 0 Å². The van der Waals surface area contributed by atoms with Gasteiger partial charge in [0.15, 0.2) is 0 Å². The lowest BCUT2D eigenvalue weighted by Crippen LogP contribution is -1.64. The molecule has 0 aliphatic rings. The van der Waals surface area contributed by atoms with E-state index in [1.807, 2.05) is 0 Å². The van der Waals surface area contributed by atoms with Gasteiger partial charge >= 0.3 is 3.98 Å². The van der Waals surface area contributed by atoms with Gasteiger partial charge in [0.2, 0.25) is 0 Å². The van der Waals surface area contributed by atoms with Crippen LogP contribution in [0.2, 0.25) is 0 Å². The molecule has 0 amide bonds. The summed E-state index contributed by atoms with van der Waals surface area (Å²) in [6.45, 7) is 0. The van der Waals surface area contributed by atoms with Gasteiger partial charge < -0.3 is 5.11 Å². The predicted molar refractivity (Wildman–Crippen MR) is 31.9 cm³/mol. The summed E-state index contributed by atoms with van der Waals surface area (Å²) in [4.78, 5) is 8.99. The molecular formula is C3H3IO2. The number of hydrogen-bond donors (Lipinski definition) is 1. The van der Waals surface area contributed by atoms with E-state index in [9.17, 15) is 0 Å². The van der Waals surface area contributed by atoms with Crippen LogP contribution in [0.4, 0.5) is 4.79 Å². The van der Waals surface area contributed by atoms with Crippen LogP contribution in [0.3, 0.4) is 0 Å². The number of halogens is 1. The third-order valence-corrected chi connectivity index (χ3v) is 0. The molecule has 3 heteroatoms. The van der Waals surface area contributed by atoms with Crippen LogP contribution in [-0.4, -0.2) is 9.08 Å². The van der Waals surface area contributed by atoms with Crippen molar-refractivity contribution < 1.29 is 9.90 Å².